The van der Waals surface area contributed by atoms with Crippen molar-refractivity contribution in [2.45, 2.75) is 32.9 Å². The van der Waals surface area contributed by atoms with E-state index in [1.807, 2.05) is 40.0 Å². The van der Waals surface area contributed by atoms with E-state index in [0.29, 0.717) is 6.54 Å². The molecule has 1 amide bonds. The number of carbonyl (C=O) groups is 1. The van der Waals surface area contributed by atoms with Gasteiger partial charge < -0.3 is 9.64 Å². The van der Waals surface area contributed by atoms with E-state index in [2.05, 4.69) is 30.3 Å². The minimum absolute atomic E-state index is 0.00177. The number of nitrogens with zero attached hydrogens (tertiary/aromatic N) is 1. The topological polar surface area (TPSA) is 29.5 Å². The summed E-state index contributed by atoms with van der Waals surface area (Å²) in [6, 6.07) is 14.5. The van der Waals surface area contributed by atoms with E-state index < -0.39 is 0 Å². The third-order valence-corrected chi connectivity index (χ3v) is 3.29. The monoisotopic (exact) mass is 285 g/mol. The van der Waals surface area contributed by atoms with Crippen molar-refractivity contribution < 1.29 is 9.53 Å². The Hall–Kier alpha value is -1.87. The van der Waals surface area contributed by atoms with Crippen LogP contribution in [0.25, 0.3) is 10.8 Å². The van der Waals surface area contributed by atoms with Crippen LogP contribution in [0.2, 0.25) is 0 Å². The van der Waals surface area contributed by atoms with Crippen molar-refractivity contribution in [2.75, 3.05) is 13.7 Å². The van der Waals surface area contributed by atoms with Gasteiger partial charge in [0.15, 0.2) is 0 Å². The van der Waals surface area contributed by atoms with Gasteiger partial charge in [0.25, 0.3) is 0 Å². The Bertz CT molecular complexity index is 628. The van der Waals surface area contributed by atoms with Crippen molar-refractivity contribution in [1.82, 2.24) is 4.90 Å². The van der Waals surface area contributed by atoms with Crippen LogP contribution in [0.3, 0.4) is 0 Å². The largest absolute Gasteiger partial charge is 0.366 e. The first-order valence-corrected chi connectivity index (χ1v) is 7.21. The second kappa shape index (κ2) is 6.27. The molecular weight excluding hydrogens is 262 g/mol. The molecule has 3 heteroatoms. The maximum Gasteiger partial charge on any atom is 0.248 e. The van der Waals surface area contributed by atoms with Crippen LogP contribution in [0.1, 0.15) is 26.3 Å². The molecule has 112 valence electrons. The van der Waals surface area contributed by atoms with Gasteiger partial charge in [-0.2, -0.15) is 0 Å². The van der Waals surface area contributed by atoms with Gasteiger partial charge in [-0.05, 0) is 43.2 Å². The molecule has 0 saturated heterocycles. The first-order valence-electron chi connectivity index (χ1n) is 7.21. The van der Waals surface area contributed by atoms with Crippen molar-refractivity contribution in [2.24, 2.45) is 0 Å². The summed E-state index contributed by atoms with van der Waals surface area (Å²) in [6.07, 6.45) is 0. The van der Waals surface area contributed by atoms with Crippen molar-refractivity contribution in [3.8, 4) is 0 Å². The van der Waals surface area contributed by atoms with E-state index in [4.69, 9.17) is 4.74 Å². The number of benzene rings is 2. The highest BCUT2D eigenvalue weighted by molar-refractivity contribution is 5.83. The van der Waals surface area contributed by atoms with Gasteiger partial charge in [-0.1, -0.05) is 36.4 Å². The molecule has 0 aromatic heterocycles. The summed E-state index contributed by atoms with van der Waals surface area (Å²) in [4.78, 5) is 13.8. The van der Waals surface area contributed by atoms with Gasteiger partial charge in [0.2, 0.25) is 5.91 Å². The minimum atomic E-state index is -0.292. The number of hydrogen-bond acceptors (Lipinski definition) is 2. The number of rotatable bonds is 4. The molecule has 2 rings (SSSR count). The molecule has 0 N–H and O–H groups in total. The fourth-order valence-corrected chi connectivity index (χ4v) is 2.09. The van der Waals surface area contributed by atoms with Gasteiger partial charge in [0, 0.05) is 13.6 Å². The Labute approximate surface area is 126 Å². The molecule has 0 atom stereocenters. The fourth-order valence-electron chi connectivity index (χ4n) is 2.09. The molecule has 0 unspecified atom stereocenters. The lowest BCUT2D eigenvalue weighted by Gasteiger charge is -2.22. The molecule has 0 radical (unpaired) electrons. The summed E-state index contributed by atoms with van der Waals surface area (Å²) in [5.41, 5.74) is 0.833. The molecule has 3 nitrogen and oxygen atoms in total. The van der Waals surface area contributed by atoms with Crippen molar-refractivity contribution >= 4 is 16.7 Å². The van der Waals surface area contributed by atoms with Gasteiger partial charge in [0.1, 0.15) is 6.61 Å². The van der Waals surface area contributed by atoms with Gasteiger partial charge in [-0.25, -0.2) is 0 Å². The molecule has 21 heavy (non-hydrogen) atoms. The van der Waals surface area contributed by atoms with Crippen molar-refractivity contribution in [3.05, 3.63) is 48.0 Å². The number of carbonyl (C=O) groups excluding carboxylic acids is 1. The molecule has 0 aliphatic carbocycles. The smallest absolute Gasteiger partial charge is 0.248 e. The van der Waals surface area contributed by atoms with Crippen LogP contribution in [-0.2, 0) is 16.1 Å². The molecule has 0 fully saturated rings. The Morgan fingerprint density at radius 1 is 1.10 bits per heavy atom. The van der Waals surface area contributed by atoms with Crippen LogP contribution in [0.5, 0.6) is 0 Å². The molecule has 0 aliphatic heterocycles. The minimum Gasteiger partial charge on any atom is -0.366 e. The van der Waals surface area contributed by atoms with Crippen molar-refractivity contribution in [1.29, 1.82) is 0 Å². The predicted octanol–water partition coefficient (Wildman–Crippen LogP) is 3.61. The Morgan fingerprint density at radius 3 is 2.43 bits per heavy atom. The average Bonchev–Trinajstić information content (AvgIpc) is 2.43. The highest BCUT2D eigenvalue weighted by Gasteiger charge is 2.15. The first-order chi connectivity index (χ1) is 9.85. The number of hydrogen-bond donors (Lipinski definition) is 0. The van der Waals surface area contributed by atoms with E-state index in [1.165, 1.54) is 10.8 Å². The zero-order valence-corrected chi connectivity index (χ0v) is 13.2. The lowest BCUT2D eigenvalue weighted by atomic mass is 10.1. The zero-order valence-electron chi connectivity index (χ0n) is 13.2. The maximum absolute atomic E-state index is 12.1. The lowest BCUT2D eigenvalue weighted by molar-refractivity contribution is -0.140. The summed E-state index contributed by atoms with van der Waals surface area (Å²) < 4.78 is 5.53. The summed E-state index contributed by atoms with van der Waals surface area (Å²) in [6.45, 7) is 6.56. The number of ether oxygens (including phenoxy) is 1. The second-order valence-electron chi connectivity index (χ2n) is 6.33. The van der Waals surface area contributed by atoms with Gasteiger partial charge >= 0.3 is 0 Å². The number of amides is 1. The Balaban J connectivity index is 2.00. The molecule has 0 bridgehead atoms. The van der Waals surface area contributed by atoms with Gasteiger partial charge in [0.05, 0.1) is 5.60 Å². The molecule has 2 aromatic rings. The number of fused-ring (bicyclic) bond motifs is 1. The molecule has 0 aliphatic rings. The maximum atomic E-state index is 12.1. The molecule has 0 saturated carbocycles. The Morgan fingerprint density at radius 2 is 1.76 bits per heavy atom. The van der Waals surface area contributed by atoms with Crippen LogP contribution in [0.15, 0.2) is 42.5 Å². The quantitative estimate of drug-likeness (QED) is 0.858. The Kier molecular flexibility index (Phi) is 4.63. The van der Waals surface area contributed by atoms with Crippen molar-refractivity contribution in [3.63, 3.8) is 0 Å². The van der Waals surface area contributed by atoms with Crippen LogP contribution in [0, 0.1) is 0 Å². The van der Waals surface area contributed by atoms with Crippen LogP contribution >= 0.6 is 0 Å². The fraction of sp³-hybridized carbons (Fsp3) is 0.389. The van der Waals surface area contributed by atoms with Gasteiger partial charge in [-0.3, -0.25) is 4.79 Å². The van der Waals surface area contributed by atoms with E-state index in [1.54, 1.807) is 4.90 Å². The van der Waals surface area contributed by atoms with Crippen LogP contribution in [0.4, 0.5) is 0 Å². The molecule has 2 aromatic carbocycles. The standard InChI is InChI=1S/C18H23NO2/c1-18(2,3)21-13-17(20)19(4)12-14-9-10-15-7-5-6-8-16(15)11-14/h5-11H,12-13H2,1-4H3. The van der Waals surface area contributed by atoms with E-state index in [-0.39, 0.29) is 18.1 Å². The molecule has 0 spiro atoms. The normalized spacial score (nSPS) is 11.6. The highest BCUT2D eigenvalue weighted by Crippen LogP contribution is 2.16. The summed E-state index contributed by atoms with van der Waals surface area (Å²) in [5.74, 6) is -0.00177. The van der Waals surface area contributed by atoms with E-state index in [0.717, 1.165) is 5.56 Å². The highest BCUT2D eigenvalue weighted by atomic mass is 16.5. The summed E-state index contributed by atoms with van der Waals surface area (Å²) >= 11 is 0. The third kappa shape index (κ3) is 4.57. The third-order valence-electron chi connectivity index (χ3n) is 3.29. The van der Waals surface area contributed by atoms with Crippen LogP contribution in [-0.4, -0.2) is 30.1 Å². The van der Waals surface area contributed by atoms with Gasteiger partial charge in [-0.15, -0.1) is 0 Å². The van der Waals surface area contributed by atoms with Crippen LogP contribution < -0.4 is 0 Å². The molecule has 0 heterocycles. The second-order valence-corrected chi connectivity index (χ2v) is 6.33. The predicted molar refractivity (Wildman–Crippen MR) is 86.1 cm³/mol. The summed E-state index contributed by atoms with van der Waals surface area (Å²) in [5, 5.41) is 2.41. The average molecular weight is 285 g/mol. The number of likely N-dealkylation sites (N-methyl/N-ethyl adjacent to an activating group) is 1. The van der Waals surface area contributed by atoms with E-state index >= 15 is 0 Å². The zero-order chi connectivity index (χ0) is 15.5. The SMILES string of the molecule is CN(Cc1ccc2ccccc2c1)C(=O)COC(C)(C)C. The molecular formula is C18H23NO2. The first kappa shape index (κ1) is 15.5. The summed E-state index contributed by atoms with van der Waals surface area (Å²) in [7, 11) is 1.81. The lowest BCUT2D eigenvalue weighted by Crippen LogP contribution is -2.33. The van der Waals surface area contributed by atoms with E-state index in [9.17, 15) is 4.79 Å².